The SMILES string of the molecule is C=C/C(F)=C(\C=C)Oc1ccc(S(=O)(=O)NC)cc1Cl.CCOC(=O)Cn1ncc2c1CCCC2. The lowest BCUT2D eigenvalue weighted by Gasteiger charge is -2.13. The molecule has 0 saturated heterocycles. The van der Waals surface area contributed by atoms with Crippen LogP contribution in [-0.2, 0) is 38.9 Å². The first kappa shape index (κ1) is 28.3. The average Bonchev–Trinajstić information content (AvgIpc) is 3.26. The third kappa shape index (κ3) is 7.78. The number of hydrogen-bond acceptors (Lipinski definition) is 6. The zero-order valence-corrected chi connectivity index (χ0v) is 21.3. The first-order valence-corrected chi connectivity index (χ1v) is 12.8. The molecule has 0 radical (unpaired) electrons. The van der Waals surface area contributed by atoms with Gasteiger partial charge in [-0.25, -0.2) is 17.5 Å². The number of ether oxygens (including phenoxy) is 2. The minimum Gasteiger partial charge on any atom is -0.465 e. The number of sulfonamides is 1. The minimum absolute atomic E-state index is 0.0225. The summed E-state index contributed by atoms with van der Waals surface area (Å²) >= 11 is 5.92. The van der Waals surface area contributed by atoms with Crippen molar-refractivity contribution < 1.29 is 27.1 Å². The number of carbonyl (C=O) groups excluding carboxylic acids is 1. The number of aryl methyl sites for hydroxylation is 1. The van der Waals surface area contributed by atoms with Crippen LogP contribution in [0.4, 0.5) is 4.39 Å². The van der Waals surface area contributed by atoms with E-state index >= 15 is 0 Å². The molecule has 0 amide bonds. The number of aromatic nitrogens is 2. The molecule has 0 aliphatic heterocycles. The van der Waals surface area contributed by atoms with Crippen molar-refractivity contribution >= 4 is 27.6 Å². The van der Waals surface area contributed by atoms with Gasteiger partial charge in [0.2, 0.25) is 10.0 Å². The molecular weight excluding hydrogens is 497 g/mol. The van der Waals surface area contributed by atoms with Crippen molar-refractivity contribution in [2.75, 3.05) is 13.7 Å². The fraction of sp³-hybridized carbons (Fsp3) is 0.333. The van der Waals surface area contributed by atoms with Gasteiger partial charge in [0.25, 0.3) is 0 Å². The van der Waals surface area contributed by atoms with E-state index < -0.39 is 15.9 Å². The predicted molar refractivity (Wildman–Crippen MR) is 132 cm³/mol. The Hall–Kier alpha value is -2.95. The average molecular weight is 526 g/mol. The summed E-state index contributed by atoms with van der Waals surface area (Å²) in [5.41, 5.74) is 2.51. The van der Waals surface area contributed by atoms with E-state index in [1.165, 1.54) is 49.3 Å². The molecule has 11 heteroatoms. The molecule has 3 rings (SSSR count). The van der Waals surface area contributed by atoms with E-state index in [0.29, 0.717) is 6.61 Å². The number of esters is 1. The van der Waals surface area contributed by atoms with Crippen molar-refractivity contribution in [1.82, 2.24) is 14.5 Å². The highest BCUT2D eigenvalue weighted by Crippen LogP contribution is 2.29. The van der Waals surface area contributed by atoms with Gasteiger partial charge >= 0.3 is 5.97 Å². The summed E-state index contributed by atoms with van der Waals surface area (Å²) in [6.07, 6.45) is 8.57. The fourth-order valence-electron chi connectivity index (χ4n) is 3.28. The van der Waals surface area contributed by atoms with Crippen LogP contribution in [0.1, 0.15) is 31.0 Å². The van der Waals surface area contributed by atoms with Crippen molar-refractivity contribution in [3.63, 3.8) is 0 Å². The standard InChI is InChI=1S/C13H13ClFNO3S.C11H16N2O2/c1-4-11(15)12(5-2)19-13-7-6-9(8-10(13)14)20(17,18)16-3;1-2-15-11(14)8-13-10-6-4-3-5-9(10)7-12-13/h4-8,16H,1-2H2,3H3;7H,2-6,8H2,1H3/b12-11-;. The number of nitrogens with zero attached hydrogens (tertiary/aromatic N) is 2. The highest BCUT2D eigenvalue weighted by atomic mass is 35.5. The van der Waals surface area contributed by atoms with Crippen LogP contribution in [0, 0.1) is 0 Å². The maximum absolute atomic E-state index is 13.4. The van der Waals surface area contributed by atoms with Gasteiger partial charge in [0.15, 0.2) is 11.6 Å². The van der Waals surface area contributed by atoms with Crippen molar-refractivity contribution in [2.24, 2.45) is 0 Å². The van der Waals surface area contributed by atoms with E-state index in [9.17, 15) is 17.6 Å². The molecule has 0 bridgehead atoms. The van der Waals surface area contributed by atoms with Crippen molar-refractivity contribution in [1.29, 1.82) is 0 Å². The summed E-state index contributed by atoms with van der Waals surface area (Å²) in [4.78, 5) is 11.3. The van der Waals surface area contributed by atoms with Crippen molar-refractivity contribution in [3.05, 3.63) is 77.6 Å². The van der Waals surface area contributed by atoms with Gasteiger partial charge in [0.1, 0.15) is 12.3 Å². The molecule has 0 fully saturated rings. The second-order valence-electron chi connectivity index (χ2n) is 7.31. The Labute approximate surface area is 210 Å². The Balaban J connectivity index is 0.000000256. The minimum atomic E-state index is -3.60. The van der Waals surface area contributed by atoms with Crippen molar-refractivity contribution in [2.45, 2.75) is 44.0 Å². The number of benzene rings is 1. The number of carbonyl (C=O) groups is 1. The number of fused-ring (bicyclic) bond motifs is 1. The smallest absolute Gasteiger partial charge is 0.327 e. The summed E-state index contributed by atoms with van der Waals surface area (Å²) in [7, 11) is -2.32. The molecule has 1 heterocycles. The van der Waals surface area contributed by atoms with Gasteiger partial charge < -0.3 is 9.47 Å². The molecule has 8 nitrogen and oxygen atoms in total. The van der Waals surface area contributed by atoms with E-state index in [0.717, 1.165) is 25.0 Å². The van der Waals surface area contributed by atoms with E-state index in [2.05, 4.69) is 23.0 Å². The highest BCUT2D eigenvalue weighted by molar-refractivity contribution is 7.89. The van der Waals surface area contributed by atoms with Crippen LogP contribution in [-0.4, -0.2) is 37.8 Å². The summed E-state index contributed by atoms with van der Waals surface area (Å²) < 4.78 is 50.6. The highest BCUT2D eigenvalue weighted by Gasteiger charge is 2.17. The van der Waals surface area contributed by atoms with Gasteiger partial charge in [-0.2, -0.15) is 5.10 Å². The van der Waals surface area contributed by atoms with Crippen LogP contribution in [0.2, 0.25) is 5.02 Å². The van der Waals surface area contributed by atoms with E-state index in [1.54, 1.807) is 4.68 Å². The molecule has 1 aliphatic carbocycles. The van der Waals surface area contributed by atoms with Gasteiger partial charge in [0.05, 0.1) is 22.7 Å². The van der Waals surface area contributed by atoms with Crippen LogP contribution in [0.3, 0.4) is 0 Å². The van der Waals surface area contributed by atoms with Crippen LogP contribution < -0.4 is 9.46 Å². The van der Waals surface area contributed by atoms with Crippen LogP contribution in [0.15, 0.2) is 66.2 Å². The largest absolute Gasteiger partial charge is 0.465 e. The second kappa shape index (κ2) is 13.2. The molecule has 2 aromatic rings. The normalized spacial score (nSPS) is 13.5. The third-order valence-electron chi connectivity index (χ3n) is 5.03. The molecule has 1 N–H and O–H groups in total. The summed E-state index contributed by atoms with van der Waals surface area (Å²) in [5, 5.41) is 4.26. The number of rotatable bonds is 9. The monoisotopic (exact) mass is 525 g/mol. The Morgan fingerprint density at radius 3 is 2.60 bits per heavy atom. The molecule has 0 spiro atoms. The number of nitrogens with one attached hydrogen (secondary N) is 1. The Bertz CT molecular complexity index is 1210. The van der Waals surface area contributed by atoms with Gasteiger partial charge in [-0.3, -0.25) is 9.48 Å². The topological polar surface area (TPSA) is 99.5 Å². The number of hydrogen-bond donors (Lipinski definition) is 1. The molecule has 35 heavy (non-hydrogen) atoms. The summed E-state index contributed by atoms with van der Waals surface area (Å²) in [6, 6.07) is 3.82. The molecule has 1 aliphatic rings. The van der Waals surface area contributed by atoms with Crippen molar-refractivity contribution in [3.8, 4) is 5.75 Å². The molecule has 1 aromatic heterocycles. The molecule has 190 valence electrons. The molecule has 0 unspecified atom stereocenters. The molecular formula is C24H29ClFN3O5S. The third-order valence-corrected chi connectivity index (χ3v) is 6.74. The maximum Gasteiger partial charge on any atom is 0.327 e. The van der Waals surface area contributed by atoms with Crippen LogP contribution in [0.25, 0.3) is 0 Å². The van der Waals surface area contributed by atoms with Gasteiger partial charge in [-0.05, 0) is 75.6 Å². The second-order valence-corrected chi connectivity index (χ2v) is 9.60. The first-order valence-electron chi connectivity index (χ1n) is 10.9. The van der Waals surface area contributed by atoms with E-state index in [1.807, 2.05) is 13.1 Å². The zero-order chi connectivity index (χ0) is 26.0. The van der Waals surface area contributed by atoms with E-state index in [4.69, 9.17) is 21.1 Å². The lowest BCUT2D eigenvalue weighted by atomic mass is 9.98. The van der Waals surface area contributed by atoms with Crippen LogP contribution in [0.5, 0.6) is 5.75 Å². The van der Waals surface area contributed by atoms with Gasteiger partial charge in [-0.15, -0.1) is 0 Å². The number of halogens is 2. The Morgan fingerprint density at radius 2 is 2.00 bits per heavy atom. The molecule has 1 aromatic carbocycles. The fourth-order valence-corrected chi connectivity index (χ4v) is 4.32. The van der Waals surface area contributed by atoms with Crippen LogP contribution >= 0.6 is 11.6 Å². The quantitative estimate of drug-likeness (QED) is 0.294. The summed E-state index contributed by atoms with van der Waals surface area (Å²) in [5.74, 6) is -0.961. The maximum atomic E-state index is 13.4. The number of allylic oxidation sites excluding steroid dienone is 3. The Morgan fingerprint density at radius 1 is 1.29 bits per heavy atom. The Kier molecular flexibility index (Phi) is 10.7. The van der Waals surface area contributed by atoms with E-state index in [-0.39, 0.29) is 33.9 Å². The lowest BCUT2D eigenvalue weighted by molar-refractivity contribution is -0.144. The lowest BCUT2D eigenvalue weighted by Crippen LogP contribution is -2.18. The molecule has 0 saturated carbocycles. The first-order chi connectivity index (χ1) is 16.7. The summed E-state index contributed by atoms with van der Waals surface area (Å²) in [6.45, 7) is 9.18. The zero-order valence-electron chi connectivity index (χ0n) is 19.7. The molecule has 0 atom stereocenters. The van der Waals surface area contributed by atoms with Gasteiger partial charge in [0, 0.05) is 5.69 Å². The van der Waals surface area contributed by atoms with Gasteiger partial charge in [-0.1, -0.05) is 24.8 Å². The predicted octanol–water partition coefficient (Wildman–Crippen LogP) is 4.51.